The lowest BCUT2D eigenvalue weighted by Gasteiger charge is -2.20. The maximum absolute atomic E-state index is 12.0. The van der Waals surface area contributed by atoms with Gasteiger partial charge in [0.05, 0.1) is 13.2 Å². The molecule has 0 aliphatic rings. The van der Waals surface area contributed by atoms with E-state index in [1.807, 2.05) is 42.1 Å². The molecule has 2 rings (SSSR count). The number of aromatic nitrogens is 2. The minimum absolute atomic E-state index is 0.223. The van der Waals surface area contributed by atoms with Gasteiger partial charge in [-0.05, 0) is 24.6 Å². The van der Waals surface area contributed by atoms with E-state index in [4.69, 9.17) is 10.5 Å². The van der Waals surface area contributed by atoms with Crippen LogP contribution in [0.1, 0.15) is 24.4 Å². The number of nitrogens with two attached hydrogens (primary N) is 1. The third-order valence-corrected chi connectivity index (χ3v) is 3.27. The summed E-state index contributed by atoms with van der Waals surface area (Å²) in [5, 5.41) is 2.93. The van der Waals surface area contributed by atoms with E-state index < -0.39 is 6.04 Å². The van der Waals surface area contributed by atoms with Crippen molar-refractivity contribution in [1.82, 2.24) is 14.9 Å². The Bertz CT molecular complexity index is 604. The summed E-state index contributed by atoms with van der Waals surface area (Å²) in [6.07, 6.45) is 3.54. The van der Waals surface area contributed by atoms with Gasteiger partial charge in [0.25, 0.3) is 0 Å². The van der Waals surface area contributed by atoms with Crippen molar-refractivity contribution >= 4 is 5.91 Å². The Labute approximate surface area is 123 Å². The van der Waals surface area contributed by atoms with Gasteiger partial charge < -0.3 is 20.4 Å². The third-order valence-electron chi connectivity index (χ3n) is 3.27. The highest BCUT2D eigenvalue weighted by atomic mass is 16.5. The molecule has 0 aliphatic carbocycles. The van der Waals surface area contributed by atoms with Gasteiger partial charge in [-0.3, -0.25) is 4.79 Å². The smallest absolute Gasteiger partial charge is 0.237 e. The molecular formula is C15H20N4O2. The fraction of sp³-hybridized carbons (Fsp3) is 0.333. The third kappa shape index (κ3) is 3.41. The van der Waals surface area contributed by atoms with Crippen molar-refractivity contribution in [3.63, 3.8) is 0 Å². The molecule has 0 saturated heterocycles. The summed E-state index contributed by atoms with van der Waals surface area (Å²) in [5.41, 5.74) is 6.56. The van der Waals surface area contributed by atoms with E-state index in [1.54, 1.807) is 20.2 Å². The van der Waals surface area contributed by atoms with Crippen molar-refractivity contribution in [2.75, 3.05) is 7.11 Å². The summed E-state index contributed by atoms with van der Waals surface area (Å²) in [5.74, 6) is 1.28. The van der Waals surface area contributed by atoms with Crippen LogP contribution >= 0.6 is 0 Å². The molecule has 1 amide bonds. The number of benzene rings is 1. The maximum atomic E-state index is 12.0. The summed E-state index contributed by atoms with van der Waals surface area (Å²) < 4.78 is 7.03. The molecule has 0 radical (unpaired) electrons. The Morgan fingerprint density at radius 1 is 1.38 bits per heavy atom. The normalized spacial score (nSPS) is 13.5. The van der Waals surface area contributed by atoms with Gasteiger partial charge in [0.1, 0.15) is 17.6 Å². The van der Waals surface area contributed by atoms with E-state index >= 15 is 0 Å². The van der Waals surface area contributed by atoms with Gasteiger partial charge in [-0.1, -0.05) is 12.1 Å². The van der Waals surface area contributed by atoms with Crippen LogP contribution in [0.3, 0.4) is 0 Å². The van der Waals surface area contributed by atoms with Crippen LogP contribution < -0.4 is 15.8 Å². The number of carbonyl (C=O) groups is 1. The number of imidazole rings is 1. The van der Waals surface area contributed by atoms with Crippen LogP contribution in [0.2, 0.25) is 0 Å². The molecule has 0 spiro atoms. The van der Waals surface area contributed by atoms with E-state index in [1.165, 1.54) is 0 Å². The van der Waals surface area contributed by atoms with Gasteiger partial charge >= 0.3 is 0 Å². The van der Waals surface area contributed by atoms with E-state index in [9.17, 15) is 4.79 Å². The molecule has 2 aromatic rings. The second-order valence-electron chi connectivity index (χ2n) is 4.90. The van der Waals surface area contributed by atoms with Crippen LogP contribution in [-0.4, -0.2) is 28.6 Å². The molecule has 0 fully saturated rings. The highest BCUT2D eigenvalue weighted by molar-refractivity contribution is 5.81. The van der Waals surface area contributed by atoms with E-state index in [2.05, 4.69) is 10.3 Å². The number of rotatable bonds is 5. The average molecular weight is 288 g/mol. The molecule has 1 aromatic heterocycles. The maximum Gasteiger partial charge on any atom is 0.237 e. The summed E-state index contributed by atoms with van der Waals surface area (Å²) in [4.78, 5) is 16.3. The molecule has 2 atom stereocenters. The molecule has 112 valence electrons. The highest BCUT2D eigenvalue weighted by Crippen LogP contribution is 2.23. The number of methoxy groups -OCH3 is 1. The molecule has 3 N–H and O–H groups in total. The molecule has 6 nitrogen and oxygen atoms in total. The Morgan fingerprint density at radius 3 is 2.52 bits per heavy atom. The van der Waals surface area contributed by atoms with Crippen LogP contribution in [0.5, 0.6) is 5.75 Å². The monoisotopic (exact) mass is 288 g/mol. The van der Waals surface area contributed by atoms with Gasteiger partial charge in [0, 0.05) is 19.4 Å². The summed E-state index contributed by atoms with van der Waals surface area (Å²) in [6.45, 7) is 1.65. The van der Waals surface area contributed by atoms with Crippen LogP contribution in [0, 0.1) is 0 Å². The number of hydrogen-bond acceptors (Lipinski definition) is 4. The van der Waals surface area contributed by atoms with E-state index in [0.29, 0.717) is 0 Å². The van der Waals surface area contributed by atoms with E-state index in [-0.39, 0.29) is 11.9 Å². The summed E-state index contributed by atoms with van der Waals surface area (Å²) >= 11 is 0. The van der Waals surface area contributed by atoms with E-state index in [0.717, 1.165) is 17.1 Å². The zero-order valence-electron chi connectivity index (χ0n) is 12.4. The van der Waals surface area contributed by atoms with Crippen LogP contribution in [0.15, 0.2) is 36.7 Å². The number of aryl methyl sites for hydroxylation is 1. The predicted octanol–water partition coefficient (Wildman–Crippen LogP) is 0.981. The lowest BCUT2D eigenvalue weighted by atomic mass is 10.1. The topological polar surface area (TPSA) is 82.2 Å². The minimum Gasteiger partial charge on any atom is -0.497 e. The van der Waals surface area contributed by atoms with Gasteiger partial charge in [0.15, 0.2) is 0 Å². The molecule has 6 heteroatoms. The molecule has 1 heterocycles. The molecule has 0 aliphatic heterocycles. The van der Waals surface area contributed by atoms with Crippen LogP contribution in [-0.2, 0) is 11.8 Å². The van der Waals surface area contributed by atoms with Crippen molar-refractivity contribution < 1.29 is 9.53 Å². The zero-order chi connectivity index (χ0) is 15.4. The quantitative estimate of drug-likeness (QED) is 0.859. The molecular weight excluding hydrogens is 268 g/mol. The first kappa shape index (κ1) is 15.1. The number of ether oxygens (including phenoxy) is 1. The lowest BCUT2D eigenvalue weighted by Crippen LogP contribution is -2.41. The van der Waals surface area contributed by atoms with Gasteiger partial charge in [0.2, 0.25) is 5.91 Å². The number of hydrogen-bond donors (Lipinski definition) is 2. The SMILES string of the molecule is COc1ccc(C(NC(=O)[C@@H](C)N)c2nccn2C)cc1. The number of amides is 1. The first-order valence-electron chi connectivity index (χ1n) is 6.70. The zero-order valence-corrected chi connectivity index (χ0v) is 12.4. The number of carbonyl (C=O) groups excluding carboxylic acids is 1. The molecule has 1 unspecified atom stereocenters. The lowest BCUT2D eigenvalue weighted by molar-refractivity contribution is -0.122. The molecule has 21 heavy (non-hydrogen) atoms. The van der Waals surface area contributed by atoms with Gasteiger partial charge in [-0.25, -0.2) is 4.98 Å². The van der Waals surface area contributed by atoms with Crippen LogP contribution in [0.25, 0.3) is 0 Å². The average Bonchev–Trinajstić information content (AvgIpc) is 2.90. The molecule has 0 bridgehead atoms. The first-order chi connectivity index (χ1) is 10.0. The first-order valence-corrected chi connectivity index (χ1v) is 6.70. The Hall–Kier alpha value is -2.34. The highest BCUT2D eigenvalue weighted by Gasteiger charge is 2.22. The Kier molecular flexibility index (Phi) is 4.59. The second-order valence-corrected chi connectivity index (χ2v) is 4.90. The molecule has 1 aromatic carbocycles. The summed E-state index contributed by atoms with van der Waals surface area (Å²) in [7, 11) is 3.50. The standard InChI is InChI=1S/C15H20N4O2/c1-10(16)15(20)18-13(14-17-8-9-19(14)2)11-4-6-12(21-3)7-5-11/h4-10,13H,16H2,1-3H3,(H,18,20)/t10-,13?/m1/s1. The Balaban J connectivity index is 2.35. The fourth-order valence-corrected chi connectivity index (χ4v) is 2.02. The van der Waals surface area contributed by atoms with Crippen molar-refractivity contribution in [3.05, 3.63) is 48.0 Å². The van der Waals surface area contributed by atoms with Crippen molar-refractivity contribution in [3.8, 4) is 5.75 Å². The number of nitrogens with zero attached hydrogens (tertiary/aromatic N) is 2. The largest absolute Gasteiger partial charge is 0.497 e. The molecule has 0 saturated carbocycles. The number of nitrogens with one attached hydrogen (secondary N) is 1. The van der Waals surface area contributed by atoms with Crippen LogP contribution in [0.4, 0.5) is 0 Å². The minimum atomic E-state index is -0.578. The van der Waals surface area contributed by atoms with Crippen molar-refractivity contribution in [1.29, 1.82) is 0 Å². The summed E-state index contributed by atoms with van der Waals surface area (Å²) in [6, 6.07) is 6.58. The van der Waals surface area contributed by atoms with Gasteiger partial charge in [-0.2, -0.15) is 0 Å². The fourth-order valence-electron chi connectivity index (χ4n) is 2.02. The second kappa shape index (κ2) is 6.41. The predicted molar refractivity (Wildman–Crippen MR) is 79.8 cm³/mol. The van der Waals surface area contributed by atoms with Crippen molar-refractivity contribution in [2.24, 2.45) is 12.8 Å². The van der Waals surface area contributed by atoms with Crippen molar-refractivity contribution in [2.45, 2.75) is 19.0 Å². The van der Waals surface area contributed by atoms with Gasteiger partial charge in [-0.15, -0.1) is 0 Å². The Morgan fingerprint density at radius 2 is 2.05 bits per heavy atom.